The van der Waals surface area contributed by atoms with E-state index in [4.69, 9.17) is 18.9 Å². The first kappa shape index (κ1) is 30.5. The van der Waals surface area contributed by atoms with Crippen molar-refractivity contribution < 1.29 is 32.4 Å². The van der Waals surface area contributed by atoms with Gasteiger partial charge in [-0.3, -0.25) is 4.79 Å². The van der Waals surface area contributed by atoms with E-state index >= 15 is 0 Å². The molecule has 1 saturated carbocycles. The SMILES string of the molecule is COC1C(OC(=O)NCCCCCCNC(=O)CNSSF)CCC2(CO2)C1[C@]1(C)OC1CC=C(C)C. The van der Waals surface area contributed by atoms with Crippen molar-refractivity contribution >= 4 is 34.2 Å². The quantitative estimate of drug-likeness (QED) is 0.0834. The Morgan fingerprint density at radius 3 is 2.49 bits per heavy atom. The van der Waals surface area contributed by atoms with E-state index in [0.717, 1.165) is 49.5 Å². The summed E-state index contributed by atoms with van der Waals surface area (Å²) < 4.78 is 38.4. The van der Waals surface area contributed by atoms with E-state index in [0.29, 0.717) is 26.1 Å². The van der Waals surface area contributed by atoms with Gasteiger partial charge in [0.25, 0.3) is 0 Å². The Hall–Kier alpha value is -1.05. The summed E-state index contributed by atoms with van der Waals surface area (Å²) in [6.45, 7) is 8.19. The molecule has 3 aliphatic rings. The molecule has 3 N–H and O–H groups in total. The molecule has 0 aromatic heterocycles. The van der Waals surface area contributed by atoms with Gasteiger partial charge in [0, 0.05) is 31.2 Å². The number of methoxy groups -OCH3 is 1. The monoisotopic (exact) mass is 563 g/mol. The number of ether oxygens (including phenoxy) is 4. The lowest BCUT2D eigenvalue weighted by Gasteiger charge is -2.42. The van der Waals surface area contributed by atoms with Crippen molar-refractivity contribution in [2.24, 2.45) is 5.92 Å². The average molecular weight is 564 g/mol. The van der Waals surface area contributed by atoms with Crippen molar-refractivity contribution in [2.75, 3.05) is 33.4 Å². The van der Waals surface area contributed by atoms with Crippen LogP contribution in [0.15, 0.2) is 11.6 Å². The van der Waals surface area contributed by atoms with E-state index < -0.39 is 6.09 Å². The van der Waals surface area contributed by atoms with Crippen LogP contribution in [0.25, 0.3) is 0 Å². The van der Waals surface area contributed by atoms with E-state index in [-0.39, 0.29) is 59.1 Å². The van der Waals surface area contributed by atoms with Crippen molar-refractivity contribution in [3.8, 4) is 0 Å². The van der Waals surface area contributed by atoms with Crippen molar-refractivity contribution in [3.63, 3.8) is 0 Å². The van der Waals surface area contributed by atoms with Gasteiger partial charge >= 0.3 is 6.09 Å². The molecular formula is C25H42FN3O6S2. The molecular weight excluding hydrogens is 521 g/mol. The topological polar surface area (TPSA) is 114 Å². The second kappa shape index (κ2) is 14.4. The van der Waals surface area contributed by atoms with Gasteiger partial charge in [0.1, 0.15) is 34.6 Å². The molecule has 2 amide bonds. The van der Waals surface area contributed by atoms with Gasteiger partial charge in [-0.15, -0.1) is 0 Å². The number of nitrogens with one attached hydrogen (secondary N) is 3. The third-order valence-electron chi connectivity index (χ3n) is 7.51. The molecule has 5 unspecified atom stereocenters. The number of amides is 2. The van der Waals surface area contributed by atoms with E-state index in [2.05, 4.69) is 42.2 Å². The predicted molar refractivity (Wildman–Crippen MR) is 144 cm³/mol. The maximum absolute atomic E-state index is 12.5. The molecule has 2 aliphatic heterocycles. The highest BCUT2D eigenvalue weighted by molar-refractivity contribution is 8.74. The molecule has 9 nitrogen and oxygen atoms in total. The highest BCUT2D eigenvalue weighted by Crippen LogP contribution is 2.59. The zero-order valence-corrected chi connectivity index (χ0v) is 23.9. The fraction of sp³-hybridized carbons (Fsp3) is 0.840. The van der Waals surface area contributed by atoms with Crippen molar-refractivity contribution in [3.05, 3.63) is 11.6 Å². The van der Waals surface area contributed by atoms with Crippen LogP contribution in [0, 0.1) is 5.92 Å². The highest BCUT2D eigenvalue weighted by atomic mass is 33.1. The number of hydrogen-bond donors (Lipinski definition) is 3. The Bertz CT molecular complexity index is 798. The Morgan fingerprint density at radius 2 is 1.86 bits per heavy atom. The van der Waals surface area contributed by atoms with Crippen molar-refractivity contribution in [1.82, 2.24) is 15.4 Å². The predicted octanol–water partition coefficient (Wildman–Crippen LogP) is 4.24. The first-order valence-corrected chi connectivity index (χ1v) is 15.2. The van der Waals surface area contributed by atoms with Gasteiger partial charge in [-0.05, 0) is 52.9 Å². The third-order valence-corrected chi connectivity index (χ3v) is 8.38. The molecule has 0 aromatic rings. The lowest BCUT2D eigenvalue weighted by atomic mass is 9.68. The number of hydrogen-bond acceptors (Lipinski definition) is 9. The molecule has 37 heavy (non-hydrogen) atoms. The normalized spacial score (nSPS) is 32.0. The van der Waals surface area contributed by atoms with Crippen molar-refractivity contribution in [1.29, 1.82) is 0 Å². The summed E-state index contributed by atoms with van der Waals surface area (Å²) in [6.07, 6.45) is 7.16. The summed E-state index contributed by atoms with van der Waals surface area (Å²) in [5, 5.41) is 5.64. The standard InChI is InChI=1S/C25H42FN3O6S2/c1-17(2)9-10-19-24(3,35-19)22-21(32-4)18(11-12-25(22)16-33-25)34-23(31)28-14-8-6-5-7-13-27-20(30)15-29-37-36-26/h9,18-19,21-22,29H,5-8,10-16H2,1-4H3,(H,27,30)(H,28,31)/t18?,19?,21?,22?,24-,25?/m1/s1. The number of carbonyl (C=O) groups is 2. The van der Waals surface area contributed by atoms with Crippen LogP contribution >= 0.6 is 22.2 Å². The minimum atomic E-state index is -0.425. The molecule has 0 radical (unpaired) electrons. The smallest absolute Gasteiger partial charge is 0.407 e. The minimum absolute atomic E-state index is 0.00437. The second-order valence-electron chi connectivity index (χ2n) is 10.5. The number of alkyl carbamates (subject to hydrolysis) is 1. The van der Waals surface area contributed by atoms with E-state index in [1.54, 1.807) is 7.11 Å². The molecule has 3 fully saturated rings. The van der Waals surface area contributed by atoms with Gasteiger partial charge in [0.05, 0.1) is 25.2 Å². The lowest BCUT2D eigenvalue weighted by molar-refractivity contribution is -0.119. The fourth-order valence-corrected chi connectivity index (χ4v) is 6.00. The van der Waals surface area contributed by atoms with Gasteiger partial charge in [-0.25, -0.2) is 9.52 Å². The molecule has 212 valence electrons. The van der Waals surface area contributed by atoms with Crippen LogP contribution in [0.4, 0.5) is 8.68 Å². The Labute approximate surface area is 227 Å². The Morgan fingerprint density at radius 1 is 1.16 bits per heavy atom. The van der Waals surface area contributed by atoms with E-state index in [1.165, 1.54) is 5.57 Å². The number of halogens is 1. The molecule has 0 aromatic carbocycles. The van der Waals surface area contributed by atoms with Crippen LogP contribution in [-0.4, -0.2) is 74.9 Å². The van der Waals surface area contributed by atoms with E-state index in [1.807, 2.05) is 0 Å². The minimum Gasteiger partial charge on any atom is -0.443 e. The summed E-state index contributed by atoms with van der Waals surface area (Å²) in [5.41, 5.74) is 0.669. The highest BCUT2D eigenvalue weighted by Gasteiger charge is 2.72. The van der Waals surface area contributed by atoms with Gasteiger partial charge in [-0.2, -0.15) is 3.89 Å². The fourth-order valence-electron chi connectivity index (χ4n) is 5.45. The van der Waals surface area contributed by atoms with Crippen LogP contribution in [0.3, 0.4) is 0 Å². The summed E-state index contributed by atoms with van der Waals surface area (Å²) in [4.78, 5) is 24.1. The summed E-state index contributed by atoms with van der Waals surface area (Å²) >= 11 is 0.0726. The molecule has 1 spiro atoms. The maximum atomic E-state index is 12.5. The number of carbonyl (C=O) groups excluding carboxylic acids is 2. The summed E-state index contributed by atoms with van der Waals surface area (Å²) in [5.74, 6) is -0.153. The average Bonchev–Trinajstić information content (AvgIpc) is 3.77. The largest absolute Gasteiger partial charge is 0.443 e. The maximum Gasteiger partial charge on any atom is 0.407 e. The summed E-state index contributed by atoms with van der Waals surface area (Å²) in [6, 6.07) is 0. The second-order valence-corrected chi connectivity index (χ2v) is 11.9. The molecule has 2 heterocycles. The zero-order chi connectivity index (χ0) is 26.9. The summed E-state index contributed by atoms with van der Waals surface area (Å²) in [7, 11) is 2.46. The van der Waals surface area contributed by atoms with Crippen LogP contribution in [0.1, 0.15) is 65.7 Å². The first-order chi connectivity index (χ1) is 17.8. The number of epoxide rings is 2. The molecule has 3 rings (SSSR count). The molecule has 0 bridgehead atoms. The van der Waals surface area contributed by atoms with Crippen LogP contribution < -0.4 is 15.4 Å². The zero-order valence-electron chi connectivity index (χ0n) is 22.3. The van der Waals surface area contributed by atoms with Crippen LogP contribution in [0.5, 0.6) is 0 Å². The van der Waals surface area contributed by atoms with Crippen LogP contribution in [0.2, 0.25) is 0 Å². The number of unbranched alkanes of at least 4 members (excludes halogenated alkanes) is 3. The number of allylic oxidation sites excluding steroid dienone is 1. The van der Waals surface area contributed by atoms with Gasteiger partial charge in [0.15, 0.2) is 0 Å². The first-order valence-electron chi connectivity index (χ1n) is 13.1. The van der Waals surface area contributed by atoms with Gasteiger partial charge in [0.2, 0.25) is 5.91 Å². The molecule has 2 saturated heterocycles. The van der Waals surface area contributed by atoms with Gasteiger partial charge in [-0.1, -0.05) is 24.5 Å². The van der Waals surface area contributed by atoms with Crippen molar-refractivity contribution in [2.45, 2.75) is 95.2 Å². The third kappa shape index (κ3) is 8.72. The van der Waals surface area contributed by atoms with Crippen LogP contribution in [-0.2, 0) is 23.7 Å². The number of rotatable bonds is 16. The lowest BCUT2D eigenvalue weighted by Crippen LogP contribution is -2.56. The molecule has 1 aliphatic carbocycles. The van der Waals surface area contributed by atoms with Gasteiger partial charge < -0.3 is 29.6 Å². The Kier molecular flexibility index (Phi) is 11.8. The molecule has 12 heteroatoms. The molecule has 6 atom stereocenters. The van der Waals surface area contributed by atoms with E-state index in [9.17, 15) is 13.5 Å². The Balaban J connectivity index is 1.35.